The normalized spacial score (nSPS) is 19.8. The molecule has 26 heavy (non-hydrogen) atoms. The van der Waals surface area contributed by atoms with E-state index < -0.39 is 35.5 Å². The van der Waals surface area contributed by atoms with Gasteiger partial charge in [0.2, 0.25) is 0 Å². The number of aliphatic carboxylic acids is 1. The van der Waals surface area contributed by atoms with Crippen molar-refractivity contribution in [3.8, 4) is 0 Å². The van der Waals surface area contributed by atoms with Crippen molar-refractivity contribution in [2.24, 2.45) is 11.8 Å². The van der Waals surface area contributed by atoms with Crippen LogP contribution < -0.4 is 5.32 Å². The summed E-state index contributed by atoms with van der Waals surface area (Å²) in [5.41, 5.74) is -0.559. The van der Waals surface area contributed by atoms with E-state index >= 15 is 0 Å². The van der Waals surface area contributed by atoms with E-state index in [1.54, 1.807) is 6.92 Å². The zero-order chi connectivity index (χ0) is 19.4. The molecule has 1 heterocycles. The summed E-state index contributed by atoms with van der Waals surface area (Å²) in [6.45, 7) is 3.70. The molecule has 1 aromatic rings. The monoisotopic (exact) mass is 370 g/mol. The first kappa shape index (κ1) is 19.6. The summed E-state index contributed by atoms with van der Waals surface area (Å²) >= 11 is 0. The molecule has 2 amide bonds. The first-order valence-electron chi connectivity index (χ1n) is 8.17. The van der Waals surface area contributed by atoms with Gasteiger partial charge in [-0.05, 0) is 25.3 Å². The maximum absolute atomic E-state index is 13.6. The van der Waals surface area contributed by atoms with Gasteiger partial charge in [-0.25, -0.2) is 18.4 Å². The predicted molar refractivity (Wildman–Crippen MR) is 87.8 cm³/mol. The van der Waals surface area contributed by atoms with Gasteiger partial charge in [0.15, 0.2) is 11.6 Å². The van der Waals surface area contributed by atoms with Crippen LogP contribution in [0.1, 0.15) is 30.6 Å². The molecular formula is C17H20F2N2O5. The number of benzene rings is 1. The molecule has 7 nitrogen and oxygen atoms in total. The molecule has 0 bridgehead atoms. The first-order valence-corrected chi connectivity index (χ1v) is 8.17. The number of amides is 2. The summed E-state index contributed by atoms with van der Waals surface area (Å²) in [5, 5.41) is 11.5. The molecule has 0 saturated carbocycles. The number of esters is 1. The number of hydrogen-bond donors (Lipinski definition) is 2. The Hall–Kier alpha value is -2.71. The Morgan fingerprint density at radius 3 is 2.54 bits per heavy atom. The highest BCUT2D eigenvalue weighted by atomic mass is 19.2. The van der Waals surface area contributed by atoms with E-state index in [-0.39, 0.29) is 30.3 Å². The predicted octanol–water partition coefficient (Wildman–Crippen LogP) is 2.72. The summed E-state index contributed by atoms with van der Waals surface area (Å²) in [4.78, 5) is 36.9. The summed E-state index contributed by atoms with van der Waals surface area (Å²) in [7, 11) is 0. The van der Waals surface area contributed by atoms with Crippen LogP contribution in [-0.2, 0) is 9.53 Å². The Bertz CT molecular complexity index is 725. The minimum absolute atomic E-state index is 0.01000. The molecule has 0 radical (unpaired) electrons. The smallest absolute Gasteiger partial charge is 0.340 e. The average molecular weight is 370 g/mol. The lowest BCUT2D eigenvalue weighted by Gasteiger charge is -2.34. The molecule has 1 aromatic carbocycles. The van der Waals surface area contributed by atoms with Gasteiger partial charge in [-0.15, -0.1) is 0 Å². The van der Waals surface area contributed by atoms with Gasteiger partial charge in [0.05, 0.1) is 23.8 Å². The number of carboxylic acid groups (broad SMARTS) is 1. The molecule has 1 aliphatic heterocycles. The number of likely N-dealkylation sites (tertiary alicyclic amines) is 1. The molecule has 2 rings (SSSR count). The number of halogens is 2. The number of piperidine rings is 1. The average Bonchev–Trinajstić information content (AvgIpc) is 2.57. The summed E-state index contributed by atoms with van der Waals surface area (Å²) in [5.74, 6) is -5.14. The fourth-order valence-electron chi connectivity index (χ4n) is 2.92. The van der Waals surface area contributed by atoms with Crippen LogP contribution in [0.4, 0.5) is 19.3 Å². The number of nitrogens with one attached hydrogen (secondary N) is 1. The number of carboxylic acids is 1. The van der Waals surface area contributed by atoms with Crippen LogP contribution in [-0.4, -0.2) is 47.7 Å². The lowest BCUT2D eigenvalue weighted by Crippen LogP contribution is -2.47. The van der Waals surface area contributed by atoms with Crippen molar-refractivity contribution in [3.05, 3.63) is 29.3 Å². The van der Waals surface area contributed by atoms with Crippen molar-refractivity contribution in [2.45, 2.75) is 20.3 Å². The molecule has 2 atom stereocenters. The highest BCUT2D eigenvalue weighted by Gasteiger charge is 2.32. The van der Waals surface area contributed by atoms with Crippen molar-refractivity contribution in [1.82, 2.24) is 4.90 Å². The highest BCUT2D eigenvalue weighted by molar-refractivity contribution is 6.01. The lowest BCUT2D eigenvalue weighted by atomic mass is 9.91. The van der Waals surface area contributed by atoms with Crippen molar-refractivity contribution in [3.63, 3.8) is 0 Å². The summed E-state index contributed by atoms with van der Waals surface area (Å²) in [6.07, 6.45) is 0.443. The van der Waals surface area contributed by atoms with Gasteiger partial charge in [0.25, 0.3) is 0 Å². The van der Waals surface area contributed by atoms with Crippen molar-refractivity contribution in [2.75, 3.05) is 25.0 Å². The maximum Gasteiger partial charge on any atom is 0.340 e. The zero-order valence-electron chi connectivity index (χ0n) is 14.4. The standard InChI is InChI=1S/C17H20F2N2O5/c1-3-26-16(24)11-5-12(18)13(19)6-14(11)20-17(25)21-7-9(2)4-10(8-21)15(22)23/h5-6,9-10H,3-4,7-8H2,1-2H3,(H,20,25)(H,22,23). The van der Waals surface area contributed by atoms with Crippen LogP contribution in [0.2, 0.25) is 0 Å². The number of urea groups is 1. The summed E-state index contributed by atoms with van der Waals surface area (Å²) < 4.78 is 31.8. The SMILES string of the molecule is CCOC(=O)c1cc(F)c(F)cc1NC(=O)N1CC(C)CC(C(=O)O)C1. The van der Waals surface area contributed by atoms with Gasteiger partial charge in [-0.1, -0.05) is 6.92 Å². The Kier molecular flexibility index (Phi) is 6.12. The molecule has 1 saturated heterocycles. The van der Waals surface area contributed by atoms with Crippen LogP contribution in [0.25, 0.3) is 0 Å². The van der Waals surface area contributed by atoms with Crippen molar-refractivity contribution in [1.29, 1.82) is 0 Å². The van der Waals surface area contributed by atoms with Gasteiger partial charge in [0, 0.05) is 19.2 Å². The van der Waals surface area contributed by atoms with E-state index in [1.165, 1.54) is 4.90 Å². The Balaban J connectivity index is 2.23. The van der Waals surface area contributed by atoms with E-state index in [0.717, 1.165) is 0 Å². The number of carbonyl (C=O) groups is 3. The second kappa shape index (κ2) is 8.11. The molecule has 2 unspecified atom stereocenters. The molecule has 2 N–H and O–H groups in total. The Labute approximate surface area is 148 Å². The molecule has 9 heteroatoms. The van der Waals surface area contributed by atoms with Gasteiger partial charge in [-0.2, -0.15) is 0 Å². The van der Waals surface area contributed by atoms with Gasteiger partial charge in [-0.3, -0.25) is 4.79 Å². The zero-order valence-corrected chi connectivity index (χ0v) is 14.4. The molecule has 1 fully saturated rings. The molecule has 0 aliphatic carbocycles. The number of ether oxygens (including phenoxy) is 1. The van der Waals surface area contributed by atoms with Crippen molar-refractivity contribution >= 4 is 23.7 Å². The molecule has 142 valence electrons. The number of carbonyl (C=O) groups excluding carboxylic acids is 2. The van der Waals surface area contributed by atoms with Crippen LogP contribution in [0, 0.1) is 23.5 Å². The van der Waals surface area contributed by atoms with E-state index in [4.69, 9.17) is 4.74 Å². The summed E-state index contributed by atoms with van der Waals surface area (Å²) in [6, 6.07) is 0.656. The van der Waals surface area contributed by atoms with Crippen LogP contribution >= 0.6 is 0 Å². The van der Waals surface area contributed by atoms with Gasteiger partial charge < -0.3 is 20.1 Å². The molecule has 0 spiro atoms. The van der Waals surface area contributed by atoms with Gasteiger partial charge >= 0.3 is 18.0 Å². The van der Waals surface area contributed by atoms with E-state index in [2.05, 4.69) is 5.32 Å². The molecular weight excluding hydrogens is 350 g/mol. The minimum atomic E-state index is -1.25. The van der Waals surface area contributed by atoms with E-state index in [0.29, 0.717) is 25.1 Å². The largest absolute Gasteiger partial charge is 0.481 e. The minimum Gasteiger partial charge on any atom is -0.481 e. The first-order chi connectivity index (χ1) is 12.2. The lowest BCUT2D eigenvalue weighted by molar-refractivity contribution is -0.143. The number of nitrogens with zero attached hydrogens (tertiary/aromatic N) is 1. The van der Waals surface area contributed by atoms with Crippen molar-refractivity contribution < 1.29 is 33.0 Å². The fraction of sp³-hybridized carbons (Fsp3) is 0.471. The van der Waals surface area contributed by atoms with Crippen LogP contribution in [0.3, 0.4) is 0 Å². The van der Waals surface area contributed by atoms with Gasteiger partial charge in [0.1, 0.15) is 0 Å². The number of rotatable bonds is 4. The number of hydrogen-bond acceptors (Lipinski definition) is 4. The third-order valence-corrected chi connectivity index (χ3v) is 4.09. The second-order valence-corrected chi connectivity index (χ2v) is 6.24. The molecule has 0 aromatic heterocycles. The topological polar surface area (TPSA) is 95.9 Å². The maximum atomic E-state index is 13.6. The molecule has 1 aliphatic rings. The van der Waals surface area contributed by atoms with E-state index in [1.807, 2.05) is 6.92 Å². The number of anilines is 1. The highest BCUT2D eigenvalue weighted by Crippen LogP contribution is 2.25. The van der Waals surface area contributed by atoms with Crippen LogP contribution in [0.5, 0.6) is 0 Å². The quantitative estimate of drug-likeness (QED) is 0.795. The third kappa shape index (κ3) is 4.47. The second-order valence-electron chi connectivity index (χ2n) is 6.24. The van der Waals surface area contributed by atoms with Crippen LogP contribution in [0.15, 0.2) is 12.1 Å². The fourth-order valence-corrected chi connectivity index (χ4v) is 2.92. The third-order valence-electron chi connectivity index (χ3n) is 4.09. The Morgan fingerprint density at radius 1 is 1.27 bits per heavy atom. The Morgan fingerprint density at radius 2 is 1.92 bits per heavy atom. The van der Waals surface area contributed by atoms with E-state index in [9.17, 15) is 28.3 Å².